The third-order valence-electron chi connectivity index (χ3n) is 2.27. The predicted octanol–water partition coefficient (Wildman–Crippen LogP) is 2.06. The van der Waals surface area contributed by atoms with Crippen LogP contribution in [-0.2, 0) is 4.79 Å². The second-order valence-electron chi connectivity index (χ2n) is 3.17. The highest BCUT2D eigenvalue weighted by Gasteiger charge is 2.17. The van der Waals surface area contributed by atoms with E-state index in [1.807, 2.05) is 0 Å². The number of rotatable bonds is 5. The Morgan fingerprint density at radius 3 is 2.44 bits per heavy atom. The first-order valence-corrected chi connectivity index (χ1v) is 4.71. The molecule has 0 saturated carbocycles. The van der Waals surface area contributed by atoms with E-state index >= 15 is 0 Å². The first kappa shape index (κ1) is 12.1. The van der Waals surface area contributed by atoms with Crippen LogP contribution in [0.5, 0.6) is 11.5 Å². The summed E-state index contributed by atoms with van der Waals surface area (Å²) in [4.78, 5) is 10.9. The van der Waals surface area contributed by atoms with E-state index in [1.165, 1.54) is 20.3 Å². The molecule has 1 rings (SSSR count). The van der Waals surface area contributed by atoms with E-state index in [4.69, 9.17) is 14.6 Å². The van der Waals surface area contributed by atoms with Gasteiger partial charge >= 0.3 is 5.97 Å². The standard InChI is InChI=1S/C12H14O4/c1-4-9(12(13)14)8-5-6-10(15-2)11(7-8)16-3/h4-7,9H,1H2,2-3H3,(H,13,14). The highest BCUT2D eigenvalue weighted by Crippen LogP contribution is 2.30. The molecule has 86 valence electrons. The van der Waals surface area contributed by atoms with Crippen LogP contribution < -0.4 is 9.47 Å². The highest BCUT2D eigenvalue weighted by molar-refractivity contribution is 5.78. The molecule has 4 nitrogen and oxygen atoms in total. The van der Waals surface area contributed by atoms with E-state index in [-0.39, 0.29) is 0 Å². The van der Waals surface area contributed by atoms with Gasteiger partial charge in [0.05, 0.1) is 20.1 Å². The molecular formula is C12H14O4. The van der Waals surface area contributed by atoms with Gasteiger partial charge in [0.1, 0.15) is 0 Å². The Morgan fingerprint density at radius 1 is 1.38 bits per heavy atom. The van der Waals surface area contributed by atoms with Crippen molar-refractivity contribution >= 4 is 5.97 Å². The molecule has 0 radical (unpaired) electrons. The van der Waals surface area contributed by atoms with Crippen molar-refractivity contribution in [3.8, 4) is 11.5 Å². The molecule has 0 saturated heterocycles. The van der Waals surface area contributed by atoms with Gasteiger partial charge in [-0.05, 0) is 17.7 Å². The van der Waals surface area contributed by atoms with Gasteiger partial charge in [0, 0.05) is 0 Å². The zero-order valence-corrected chi connectivity index (χ0v) is 9.27. The van der Waals surface area contributed by atoms with E-state index in [0.29, 0.717) is 17.1 Å². The average Bonchev–Trinajstić information content (AvgIpc) is 2.29. The van der Waals surface area contributed by atoms with E-state index in [9.17, 15) is 4.79 Å². The van der Waals surface area contributed by atoms with Crippen LogP contribution >= 0.6 is 0 Å². The second kappa shape index (κ2) is 5.21. The second-order valence-corrected chi connectivity index (χ2v) is 3.17. The van der Waals surface area contributed by atoms with Crippen LogP contribution in [0.2, 0.25) is 0 Å². The van der Waals surface area contributed by atoms with Crippen molar-refractivity contribution in [3.63, 3.8) is 0 Å². The SMILES string of the molecule is C=CC(C(=O)O)c1ccc(OC)c(OC)c1. The number of hydrogen-bond acceptors (Lipinski definition) is 3. The van der Waals surface area contributed by atoms with Crippen LogP contribution in [0.25, 0.3) is 0 Å². The van der Waals surface area contributed by atoms with E-state index in [2.05, 4.69) is 6.58 Å². The van der Waals surface area contributed by atoms with Crippen LogP contribution in [0, 0.1) is 0 Å². The lowest BCUT2D eigenvalue weighted by Crippen LogP contribution is -2.08. The summed E-state index contributed by atoms with van der Waals surface area (Å²) in [5.74, 6) is -0.602. The molecule has 0 amide bonds. The van der Waals surface area contributed by atoms with E-state index < -0.39 is 11.9 Å². The Kier molecular flexibility index (Phi) is 3.94. The molecule has 0 aliphatic carbocycles. The lowest BCUT2D eigenvalue weighted by Gasteiger charge is -2.12. The summed E-state index contributed by atoms with van der Waals surface area (Å²) in [6.45, 7) is 3.50. The highest BCUT2D eigenvalue weighted by atomic mass is 16.5. The van der Waals surface area contributed by atoms with Crippen molar-refractivity contribution in [1.29, 1.82) is 0 Å². The van der Waals surface area contributed by atoms with Crippen molar-refractivity contribution in [1.82, 2.24) is 0 Å². The number of hydrogen-bond donors (Lipinski definition) is 1. The lowest BCUT2D eigenvalue weighted by atomic mass is 9.99. The zero-order valence-electron chi connectivity index (χ0n) is 9.27. The van der Waals surface area contributed by atoms with Crippen LogP contribution in [0.15, 0.2) is 30.9 Å². The summed E-state index contributed by atoms with van der Waals surface area (Å²) in [6.07, 6.45) is 1.38. The van der Waals surface area contributed by atoms with Crippen molar-refractivity contribution in [3.05, 3.63) is 36.4 Å². The topological polar surface area (TPSA) is 55.8 Å². The van der Waals surface area contributed by atoms with Gasteiger partial charge in [0.15, 0.2) is 11.5 Å². The summed E-state index contributed by atoms with van der Waals surface area (Å²) >= 11 is 0. The van der Waals surface area contributed by atoms with Gasteiger partial charge in [-0.3, -0.25) is 4.79 Å². The molecule has 0 heterocycles. The minimum absolute atomic E-state index is 0.508. The molecule has 0 spiro atoms. The number of benzene rings is 1. The summed E-state index contributed by atoms with van der Waals surface area (Å²) in [5.41, 5.74) is 0.611. The lowest BCUT2D eigenvalue weighted by molar-refractivity contribution is -0.137. The molecule has 0 aliphatic rings. The number of carbonyl (C=O) groups is 1. The van der Waals surface area contributed by atoms with Crippen molar-refractivity contribution in [2.45, 2.75) is 5.92 Å². The Labute approximate surface area is 94.1 Å². The molecule has 1 aromatic carbocycles. The molecule has 1 N–H and O–H groups in total. The fourth-order valence-corrected chi connectivity index (χ4v) is 1.43. The number of aliphatic carboxylic acids is 1. The fraction of sp³-hybridized carbons (Fsp3) is 0.250. The van der Waals surface area contributed by atoms with Gasteiger partial charge in [-0.15, -0.1) is 6.58 Å². The van der Waals surface area contributed by atoms with Gasteiger partial charge in [-0.1, -0.05) is 12.1 Å². The van der Waals surface area contributed by atoms with Crippen molar-refractivity contribution in [2.24, 2.45) is 0 Å². The molecule has 1 aromatic rings. The van der Waals surface area contributed by atoms with Crippen LogP contribution in [-0.4, -0.2) is 25.3 Å². The summed E-state index contributed by atoms with van der Waals surface area (Å²) in [6, 6.07) is 4.99. The molecule has 4 heteroatoms. The molecule has 0 fully saturated rings. The molecule has 1 atom stereocenters. The number of methoxy groups -OCH3 is 2. The first-order valence-electron chi connectivity index (χ1n) is 4.71. The van der Waals surface area contributed by atoms with E-state index in [1.54, 1.807) is 18.2 Å². The minimum atomic E-state index is -0.942. The smallest absolute Gasteiger partial charge is 0.314 e. The van der Waals surface area contributed by atoms with Gasteiger partial charge in [0.2, 0.25) is 0 Å². The molecule has 0 aromatic heterocycles. The molecule has 16 heavy (non-hydrogen) atoms. The van der Waals surface area contributed by atoms with Crippen molar-refractivity contribution in [2.75, 3.05) is 14.2 Å². The summed E-state index contributed by atoms with van der Waals surface area (Å²) in [5, 5.41) is 8.97. The summed E-state index contributed by atoms with van der Waals surface area (Å²) < 4.78 is 10.2. The maximum Gasteiger partial charge on any atom is 0.314 e. The third kappa shape index (κ3) is 2.34. The Bertz CT molecular complexity index is 398. The third-order valence-corrected chi connectivity index (χ3v) is 2.27. The number of ether oxygens (including phenoxy) is 2. The maximum atomic E-state index is 10.9. The molecular weight excluding hydrogens is 208 g/mol. The average molecular weight is 222 g/mol. The molecule has 0 aliphatic heterocycles. The maximum absolute atomic E-state index is 10.9. The van der Waals surface area contributed by atoms with Gasteiger partial charge in [-0.2, -0.15) is 0 Å². The normalized spacial score (nSPS) is 11.6. The first-order chi connectivity index (χ1) is 7.63. The van der Waals surface area contributed by atoms with Crippen LogP contribution in [0.3, 0.4) is 0 Å². The van der Waals surface area contributed by atoms with Gasteiger partial charge in [-0.25, -0.2) is 0 Å². The Balaban J connectivity index is 3.15. The number of carboxylic acids is 1. The van der Waals surface area contributed by atoms with Gasteiger partial charge in [0.25, 0.3) is 0 Å². The van der Waals surface area contributed by atoms with Crippen LogP contribution in [0.1, 0.15) is 11.5 Å². The van der Waals surface area contributed by atoms with Crippen molar-refractivity contribution < 1.29 is 19.4 Å². The Morgan fingerprint density at radius 2 is 2.00 bits per heavy atom. The number of carboxylic acid groups (broad SMARTS) is 1. The van der Waals surface area contributed by atoms with Gasteiger partial charge < -0.3 is 14.6 Å². The Hall–Kier alpha value is -1.97. The summed E-state index contributed by atoms with van der Waals surface area (Å²) in [7, 11) is 3.03. The monoisotopic (exact) mass is 222 g/mol. The molecule has 1 unspecified atom stereocenters. The quantitative estimate of drug-likeness (QED) is 0.775. The fourth-order valence-electron chi connectivity index (χ4n) is 1.43. The largest absolute Gasteiger partial charge is 0.493 e. The van der Waals surface area contributed by atoms with Crippen LogP contribution in [0.4, 0.5) is 0 Å². The predicted molar refractivity (Wildman–Crippen MR) is 60.1 cm³/mol. The molecule has 0 bridgehead atoms. The zero-order chi connectivity index (χ0) is 12.1. The minimum Gasteiger partial charge on any atom is -0.493 e. The van der Waals surface area contributed by atoms with E-state index in [0.717, 1.165) is 0 Å².